The van der Waals surface area contributed by atoms with Crippen molar-refractivity contribution in [1.82, 2.24) is 0 Å². The summed E-state index contributed by atoms with van der Waals surface area (Å²) < 4.78 is 0. The van der Waals surface area contributed by atoms with Gasteiger partial charge in [-0.25, -0.2) is 9.59 Å². The van der Waals surface area contributed by atoms with Gasteiger partial charge in [0.15, 0.2) is 0 Å². The number of nitrogens with one attached hydrogen (secondary N) is 2. The van der Waals surface area contributed by atoms with Crippen LogP contribution in [0.2, 0.25) is 10.0 Å². The Morgan fingerprint density at radius 2 is 1.67 bits per heavy atom. The molecule has 0 aromatic heterocycles. The fraction of sp³-hybridized carbons (Fsp3) is 0.263. The zero-order valence-electron chi connectivity index (χ0n) is 14.5. The maximum absolute atomic E-state index is 12.4. The quantitative estimate of drug-likeness (QED) is 0.639. The van der Waals surface area contributed by atoms with Gasteiger partial charge in [0.05, 0.1) is 27.0 Å². The largest absolute Gasteiger partial charge is 0.478 e. The highest BCUT2D eigenvalue weighted by Crippen LogP contribution is 2.30. The van der Waals surface area contributed by atoms with E-state index in [-0.39, 0.29) is 5.56 Å². The molecule has 0 spiro atoms. The smallest absolute Gasteiger partial charge is 0.335 e. The molecule has 0 aliphatic carbocycles. The average molecular weight is 408 g/mol. The van der Waals surface area contributed by atoms with Gasteiger partial charge in [-0.05, 0) is 55.7 Å². The molecule has 1 aliphatic rings. The molecular formula is C19H19Cl2N3O3. The minimum atomic E-state index is -1.05. The first-order valence-electron chi connectivity index (χ1n) is 8.59. The lowest BCUT2D eigenvalue weighted by molar-refractivity contribution is 0.0697. The van der Waals surface area contributed by atoms with E-state index in [9.17, 15) is 14.7 Å². The Kier molecular flexibility index (Phi) is 6.08. The molecule has 1 aliphatic heterocycles. The SMILES string of the molecule is O=C(Nc1ccc(Cl)c(Cl)c1)Nc1cc(C(=O)O)ccc1N1CCCCC1. The first-order valence-corrected chi connectivity index (χ1v) is 9.35. The number of benzene rings is 2. The van der Waals surface area contributed by atoms with Crippen LogP contribution in [-0.2, 0) is 0 Å². The van der Waals surface area contributed by atoms with E-state index in [2.05, 4.69) is 15.5 Å². The van der Waals surface area contributed by atoms with E-state index in [1.54, 1.807) is 30.3 Å². The maximum atomic E-state index is 12.4. The summed E-state index contributed by atoms with van der Waals surface area (Å²) in [6.07, 6.45) is 3.30. The van der Waals surface area contributed by atoms with Crippen molar-refractivity contribution in [1.29, 1.82) is 0 Å². The van der Waals surface area contributed by atoms with Crippen molar-refractivity contribution in [2.75, 3.05) is 28.6 Å². The van der Waals surface area contributed by atoms with Crippen molar-refractivity contribution in [2.24, 2.45) is 0 Å². The van der Waals surface area contributed by atoms with Gasteiger partial charge in [0.2, 0.25) is 0 Å². The number of carbonyl (C=O) groups is 2. The Labute approximate surface area is 167 Å². The number of halogens is 2. The molecule has 1 heterocycles. The zero-order chi connectivity index (χ0) is 19.4. The van der Waals surface area contributed by atoms with Crippen LogP contribution in [0.15, 0.2) is 36.4 Å². The lowest BCUT2D eigenvalue weighted by atomic mass is 10.1. The standard InChI is InChI=1S/C19H19Cl2N3O3/c20-14-6-5-13(11-15(14)21)22-19(27)23-16-10-12(18(25)26)4-7-17(16)24-8-2-1-3-9-24/h4-7,10-11H,1-3,8-9H2,(H,25,26)(H2,22,23,27). The molecule has 8 heteroatoms. The summed E-state index contributed by atoms with van der Waals surface area (Å²) in [6.45, 7) is 1.74. The van der Waals surface area contributed by atoms with Gasteiger partial charge < -0.3 is 20.6 Å². The second kappa shape index (κ2) is 8.50. The van der Waals surface area contributed by atoms with E-state index in [4.69, 9.17) is 23.2 Å². The highest BCUT2D eigenvalue weighted by molar-refractivity contribution is 6.42. The third kappa shape index (κ3) is 4.84. The molecule has 0 unspecified atom stereocenters. The van der Waals surface area contributed by atoms with Crippen LogP contribution in [-0.4, -0.2) is 30.2 Å². The Hall–Kier alpha value is -2.44. The van der Waals surface area contributed by atoms with Crippen molar-refractivity contribution in [3.8, 4) is 0 Å². The van der Waals surface area contributed by atoms with Crippen LogP contribution in [0.25, 0.3) is 0 Å². The number of nitrogens with zero attached hydrogens (tertiary/aromatic N) is 1. The van der Waals surface area contributed by atoms with Crippen LogP contribution < -0.4 is 15.5 Å². The number of carboxylic acid groups (broad SMARTS) is 1. The second-order valence-electron chi connectivity index (χ2n) is 6.29. The Morgan fingerprint density at radius 1 is 0.926 bits per heavy atom. The first-order chi connectivity index (χ1) is 12.9. The van der Waals surface area contributed by atoms with Crippen molar-refractivity contribution in [3.63, 3.8) is 0 Å². The second-order valence-corrected chi connectivity index (χ2v) is 7.11. The number of amides is 2. The lowest BCUT2D eigenvalue weighted by Gasteiger charge is -2.30. The van der Waals surface area contributed by atoms with Crippen LogP contribution in [0.3, 0.4) is 0 Å². The molecule has 0 atom stereocenters. The molecule has 1 fully saturated rings. The Balaban J connectivity index is 1.82. The summed E-state index contributed by atoms with van der Waals surface area (Å²) >= 11 is 11.8. The third-order valence-corrected chi connectivity index (χ3v) is 5.10. The van der Waals surface area contributed by atoms with E-state index in [1.807, 2.05) is 0 Å². The highest BCUT2D eigenvalue weighted by Gasteiger charge is 2.18. The summed E-state index contributed by atoms with van der Waals surface area (Å²) in [5, 5.41) is 15.4. The minimum Gasteiger partial charge on any atom is -0.478 e. The predicted octanol–water partition coefficient (Wildman–Crippen LogP) is 5.33. The number of piperidine rings is 1. The van der Waals surface area contributed by atoms with Crippen LogP contribution in [0.1, 0.15) is 29.6 Å². The molecule has 0 radical (unpaired) electrons. The zero-order valence-corrected chi connectivity index (χ0v) is 16.0. The maximum Gasteiger partial charge on any atom is 0.335 e. The van der Waals surface area contributed by atoms with E-state index in [1.165, 1.54) is 12.5 Å². The summed E-state index contributed by atoms with van der Waals surface area (Å²) in [4.78, 5) is 25.9. The van der Waals surface area contributed by atoms with E-state index >= 15 is 0 Å². The molecule has 27 heavy (non-hydrogen) atoms. The number of anilines is 3. The first kappa shape index (κ1) is 19.3. The Bertz CT molecular complexity index is 867. The molecular weight excluding hydrogens is 389 g/mol. The number of carbonyl (C=O) groups excluding carboxylic acids is 1. The normalized spacial score (nSPS) is 13.9. The van der Waals surface area contributed by atoms with Gasteiger partial charge in [0.25, 0.3) is 0 Å². The monoisotopic (exact) mass is 407 g/mol. The summed E-state index contributed by atoms with van der Waals surface area (Å²) in [5.74, 6) is -1.05. The average Bonchev–Trinajstić information content (AvgIpc) is 2.65. The van der Waals surface area contributed by atoms with Crippen molar-refractivity contribution >= 4 is 52.3 Å². The minimum absolute atomic E-state index is 0.112. The van der Waals surface area contributed by atoms with Crippen molar-refractivity contribution in [2.45, 2.75) is 19.3 Å². The fourth-order valence-corrected chi connectivity index (χ4v) is 3.34. The van der Waals surface area contributed by atoms with E-state index < -0.39 is 12.0 Å². The molecule has 3 rings (SSSR count). The lowest BCUT2D eigenvalue weighted by Crippen LogP contribution is -2.31. The van der Waals surface area contributed by atoms with Gasteiger partial charge in [-0.2, -0.15) is 0 Å². The molecule has 3 N–H and O–H groups in total. The van der Waals surface area contributed by atoms with Crippen LogP contribution >= 0.6 is 23.2 Å². The van der Waals surface area contributed by atoms with E-state index in [0.29, 0.717) is 21.4 Å². The molecule has 1 saturated heterocycles. The van der Waals surface area contributed by atoms with Gasteiger partial charge in [0, 0.05) is 18.8 Å². The predicted molar refractivity (Wildman–Crippen MR) is 109 cm³/mol. The fourth-order valence-electron chi connectivity index (χ4n) is 3.04. The molecule has 6 nitrogen and oxygen atoms in total. The van der Waals surface area contributed by atoms with Crippen molar-refractivity contribution in [3.05, 3.63) is 52.0 Å². The molecule has 0 bridgehead atoms. The van der Waals surface area contributed by atoms with Gasteiger partial charge in [-0.15, -0.1) is 0 Å². The third-order valence-electron chi connectivity index (χ3n) is 4.37. The van der Waals surface area contributed by atoms with Gasteiger partial charge >= 0.3 is 12.0 Å². The van der Waals surface area contributed by atoms with Gasteiger partial charge in [-0.3, -0.25) is 0 Å². The summed E-state index contributed by atoms with van der Waals surface area (Å²) in [5.41, 5.74) is 1.86. The van der Waals surface area contributed by atoms with Crippen LogP contribution in [0, 0.1) is 0 Å². The topological polar surface area (TPSA) is 81.7 Å². The summed E-state index contributed by atoms with van der Waals surface area (Å²) in [7, 11) is 0. The molecule has 0 saturated carbocycles. The molecule has 142 valence electrons. The van der Waals surface area contributed by atoms with Crippen molar-refractivity contribution < 1.29 is 14.7 Å². The number of carboxylic acids is 1. The van der Waals surface area contributed by atoms with Gasteiger partial charge in [-0.1, -0.05) is 23.2 Å². The Morgan fingerprint density at radius 3 is 2.33 bits per heavy atom. The number of aromatic carboxylic acids is 1. The number of hydrogen-bond donors (Lipinski definition) is 3. The van der Waals surface area contributed by atoms with Crippen LogP contribution in [0.4, 0.5) is 21.9 Å². The number of rotatable bonds is 4. The van der Waals surface area contributed by atoms with Gasteiger partial charge in [0.1, 0.15) is 0 Å². The number of hydrogen-bond acceptors (Lipinski definition) is 3. The van der Waals surface area contributed by atoms with Crippen LogP contribution in [0.5, 0.6) is 0 Å². The number of urea groups is 1. The molecule has 2 aromatic rings. The highest BCUT2D eigenvalue weighted by atomic mass is 35.5. The summed E-state index contributed by atoms with van der Waals surface area (Å²) in [6, 6.07) is 9.03. The molecule has 2 amide bonds. The molecule has 2 aromatic carbocycles. The van der Waals surface area contributed by atoms with E-state index in [0.717, 1.165) is 31.6 Å².